The standard InChI is InChI=1S/C23H23N3O.2C22H22N4O.C21H19N3O.C19H21N3O.C17H17N3O/c1-14(2)25-16(4)26(20-10-6-5-9-19(20)25)21-15(3)11-12-17-18-8-7-13-24-23(18)27-22(17)21;2*1-13(2)25-15(4)26(22-21(25)23-11-12-24-22)19-14(3)9-10-17-16-7-5-6-8-18(16)27-20(17)19;1-13-10-11-15-16-7-6-12-22-21(16)25-20(15)19(13)24-14(2)23(3)17-8-4-5-9-18(17)24;1-12(2)21-10-11-22(14(21)4)17-13(3)7-8-15-16-6-5-9-20-19(16)23-18(15)17;1-11-6-7-13-14-5-4-8-18-17(14)21-16(13)15(11)20-10-9-19(3)12(20)2/h5-14,16H,1-4H3;2*5-13,15H,1-4H3;4-12,14H,1-3H3;5-12,14H,1-4H3;4-10,12H,1-3H3/i;1D3,13D;13D;;;. The van der Waals surface area contributed by atoms with Gasteiger partial charge in [0.1, 0.15) is 48.2 Å². The van der Waals surface area contributed by atoms with Gasteiger partial charge >= 0.3 is 0 Å². The van der Waals surface area contributed by atoms with Crippen LogP contribution in [-0.4, -0.2) is 125 Å². The molecule has 28 rings (SSSR count). The monoisotopic (exact) mass is 1990 g/mol. The third kappa shape index (κ3) is 15.9. The van der Waals surface area contributed by atoms with Crippen LogP contribution in [0.3, 0.4) is 0 Å². The van der Waals surface area contributed by atoms with Crippen LogP contribution in [0.2, 0.25) is 0 Å². The molecule has 0 saturated heterocycles. The van der Waals surface area contributed by atoms with E-state index in [0.29, 0.717) is 52.2 Å². The molecular weight excluding hydrogens is 1870 g/mol. The fourth-order valence-corrected chi connectivity index (χ4v) is 23.1. The van der Waals surface area contributed by atoms with E-state index in [2.05, 4.69) is 359 Å². The molecule has 0 saturated carbocycles. The largest absolute Gasteiger partial charge is 0.454 e. The van der Waals surface area contributed by atoms with Crippen LogP contribution < -0.4 is 49.0 Å². The number of pyridine rings is 4. The molecule has 0 amide bonds. The topological polar surface area (TPSA) is 221 Å². The van der Waals surface area contributed by atoms with Crippen molar-refractivity contribution in [1.82, 2.24) is 49.7 Å². The Kier molecular flexibility index (Phi) is 23.1. The molecule has 0 fully saturated rings. The van der Waals surface area contributed by atoms with Crippen LogP contribution in [0.5, 0.6) is 0 Å². The van der Waals surface area contributed by atoms with Crippen LogP contribution in [-0.2, 0) is 0 Å². The van der Waals surface area contributed by atoms with Crippen LogP contribution in [0.25, 0.3) is 132 Å². The van der Waals surface area contributed by atoms with Gasteiger partial charge in [-0.15, -0.1) is 0 Å². The Balaban J connectivity index is 0.000000101. The van der Waals surface area contributed by atoms with Crippen LogP contribution in [0.1, 0.15) is 137 Å². The summed E-state index contributed by atoms with van der Waals surface area (Å²) in [6, 6.07) is 72.8. The molecule has 18 heterocycles. The number of rotatable bonds is 10. The second-order valence-corrected chi connectivity index (χ2v) is 40.3. The Morgan fingerprint density at radius 2 is 0.573 bits per heavy atom. The van der Waals surface area contributed by atoms with Crippen molar-refractivity contribution < 1.29 is 33.4 Å². The molecule has 26 nitrogen and oxygen atoms in total. The third-order valence-corrected chi connectivity index (χ3v) is 30.4. The van der Waals surface area contributed by atoms with Crippen molar-refractivity contribution in [3.63, 3.8) is 0 Å². The average Bonchev–Trinajstić information content (AvgIpc) is 1.56. The Morgan fingerprint density at radius 3 is 0.953 bits per heavy atom. The number of aryl methyl sites for hydroxylation is 6. The van der Waals surface area contributed by atoms with E-state index in [-0.39, 0.29) is 30.8 Å². The number of anilines is 14. The summed E-state index contributed by atoms with van der Waals surface area (Å²) in [5, 5.41) is 12.9. The van der Waals surface area contributed by atoms with E-state index in [1.165, 1.54) is 63.0 Å². The Morgan fingerprint density at radius 1 is 0.260 bits per heavy atom. The smallest absolute Gasteiger partial charge is 0.227 e. The molecular formula is C124H124N20O6. The fraction of sp³-hybridized carbons (Fsp3) is 0.258. The summed E-state index contributed by atoms with van der Waals surface area (Å²) in [5.41, 5.74) is 27.7. The summed E-state index contributed by atoms with van der Waals surface area (Å²) < 4.78 is 78.5. The molecule has 12 aromatic heterocycles. The first-order chi connectivity index (χ1) is 74.5. The molecule has 7 atom stereocenters. The Bertz CT molecular complexity index is 9300. The fourth-order valence-electron chi connectivity index (χ4n) is 23.1. The van der Waals surface area contributed by atoms with Gasteiger partial charge in [-0.05, 0) is 257 Å². The minimum atomic E-state index is -2.55. The number of benzene rings is 10. The van der Waals surface area contributed by atoms with Crippen LogP contribution in [0, 0.1) is 41.5 Å². The van der Waals surface area contributed by atoms with Gasteiger partial charge in [-0.25, -0.2) is 39.9 Å². The zero-order valence-electron chi connectivity index (χ0n) is 93.2. The SMILES string of the molecule is Cc1ccc2c(oc3ncccc32)c1N1C=CN(C(C)C)C1C.Cc1ccc2c(oc3ncccc32)c1N1C=CN(C)C1C.Cc1ccc2c(oc3ncccc32)c1N1c2ccccc2N(C(C)C)C1C.Cc1ccc2c(oc3ncccc32)c1N1c2ccccc2N(C)C1C.[2H]C(C)(C)N1c2nccnc2N(c2c(C)ccc3c2oc2ccccc23)C1C.[2H]C([2H])([2H])C([2H])(C)N1c2nccnc2N(c2c(C)ccc3c2oc2ccccc23)C1C. The number of furan rings is 6. The van der Waals surface area contributed by atoms with E-state index in [9.17, 15) is 0 Å². The minimum Gasteiger partial charge on any atom is -0.454 e. The van der Waals surface area contributed by atoms with Gasteiger partial charge in [-0.3, -0.25) is 9.80 Å². The lowest BCUT2D eigenvalue weighted by Gasteiger charge is -2.33. The number of hydrogen-bond acceptors (Lipinski definition) is 26. The molecule has 26 heteroatoms. The van der Waals surface area contributed by atoms with Gasteiger partial charge < -0.3 is 75.5 Å². The van der Waals surface area contributed by atoms with Crippen molar-refractivity contribution in [2.45, 2.75) is 200 Å². The van der Waals surface area contributed by atoms with Gasteiger partial charge in [0, 0.05) is 181 Å². The van der Waals surface area contributed by atoms with Crippen molar-refractivity contribution in [3.05, 3.63) is 326 Å². The van der Waals surface area contributed by atoms with E-state index < -0.39 is 25.1 Å². The second kappa shape index (κ2) is 38.3. The summed E-state index contributed by atoms with van der Waals surface area (Å²) >= 11 is 0. The Hall–Kier alpha value is -17.2. The summed E-state index contributed by atoms with van der Waals surface area (Å²) in [7, 11) is 4.22. The molecule has 0 spiro atoms. The molecule has 0 radical (unpaired) electrons. The minimum absolute atomic E-state index is 0.123. The molecule has 7 unspecified atom stereocenters. The van der Waals surface area contributed by atoms with Crippen molar-refractivity contribution in [3.8, 4) is 0 Å². The maximum Gasteiger partial charge on any atom is 0.227 e. The van der Waals surface area contributed by atoms with E-state index >= 15 is 0 Å². The number of para-hydroxylation sites is 6. The van der Waals surface area contributed by atoms with E-state index in [1.54, 1.807) is 43.4 Å². The van der Waals surface area contributed by atoms with Gasteiger partial charge in [-0.2, -0.15) is 0 Å². The second-order valence-electron chi connectivity index (χ2n) is 40.3. The Labute approximate surface area is 879 Å². The highest BCUT2D eigenvalue weighted by Crippen LogP contribution is 2.55. The molecule has 150 heavy (non-hydrogen) atoms. The quantitative estimate of drug-likeness (QED) is 0.124. The molecule has 0 aliphatic carbocycles. The highest BCUT2D eigenvalue weighted by Gasteiger charge is 2.44. The lowest BCUT2D eigenvalue weighted by Crippen LogP contribution is -2.42. The maximum absolute atomic E-state index is 8.74. The summed E-state index contributed by atoms with van der Waals surface area (Å²) in [5.74, 6) is 2.36. The van der Waals surface area contributed by atoms with Crippen LogP contribution in [0.4, 0.5) is 80.1 Å². The van der Waals surface area contributed by atoms with Gasteiger partial charge in [0.15, 0.2) is 56.8 Å². The maximum atomic E-state index is 8.74. The first kappa shape index (κ1) is 90.4. The van der Waals surface area contributed by atoms with Crippen molar-refractivity contribution >= 4 is 212 Å². The number of fused-ring (bicyclic) bond motifs is 22. The molecule has 0 N–H and O–H groups in total. The van der Waals surface area contributed by atoms with Gasteiger partial charge in [0.05, 0.1) is 59.6 Å². The van der Waals surface area contributed by atoms with Crippen LogP contribution >= 0.6 is 0 Å². The zero-order valence-corrected chi connectivity index (χ0v) is 88.2. The molecule has 756 valence electrons. The van der Waals surface area contributed by atoms with Gasteiger partial charge in [0.25, 0.3) is 0 Å². The summed E-state index contributed by atoms with van der Waals surface area (Å²) in [4.78, 5) is 61.9. The number of nitrogens with zero attached hydrogens (tertiary/aromatic N) is 20. The summed E-state index contributed by atoms with van der Waals surface area (Å²) in [6.45, 7) is 37.0. The number of aromatic nitrogens is 8. The first-order valence-electron chi connectivity index (χ1n) is 53.9. The molecule has 10 aromatic carbocycles. The molecule has 22 aromatic rings. The highest BCUT2D eigenvalue weighted by atomic mass is 16.4. The van der Waals surface area contributed by atoms with Gasteiger partial charge in [0.2, 0.25) is 22.9 Å². The van der Waals surface area contributed by atoms with Gasteiger partial charge in [-0.1, -0.05) is 133 Å². The average molecular weight is 2000 g/mol. The van der Waals surface area contributed by atoms with E-state index in [0.717, 1.165) is 161 Å². The lowest BCUT2D eigenvalue weighted by atomic mass is 10.1. The van der Waals surface area contributed by atoms with E-state index in [4.69, 9.17) is 33.4 Å². The third-order valence-electron chi connectivity index (χ3n) is 30.4. The van der Waals surface area contributed by atoms with E-state index in [1.807, 2.05) is 116 Å². The zero-order chi connectivity index (χ0) is 108. The van der Waals surface area contributed by atoms with Crippen molar-refractivity contribution in [2.24, 2.45) is 0 Å². The molecule has 6 aliphatic heterocycles. The number of hydrogen-bond donors (Lipinski definition) is 0. The summed E-state index contributed by atoms with van der Waals surface area (Å²) in [6.07, 6.45) is 22.4. The lowest BCUT2D eigenvalue weighted by molar-refractivity contribution is 0.263. The van der Waals surface area contributed by atoms with Crippen LogP contribution in [0.15, 0.2) is 319 Å². The van der Waals surface area contributed by atoms with Crippen molar-refractivity contribution in [2.75, 3.05) is 63.1 Å². The first-order valence-corrected chi connectivity index (χ1v) is 51.4. The predicted octanol–water partition coefficient (Wildman–Crippen LogP) is 30.5. The molecule has 6 aliphatic rings. The van der Waals surface area contributed by atoms with Crippen molar-refractivity contribution in [1.29, 1.82) is 0 Å². The molecule has 0 bridgehead atoms. The predicted molar refractivity (Wildman–Crippen MR) is 613 cm³/mol. The normalized spacial score (nSPS) is 18.2. The highest BCUT2D eigenvalue weighted by molar-refractivity contribution is 6.16.